The van der Waals surface area contributed by atoms with Gasteiger partial charge in [0.15, 0.2) is 0 Å². The molecule has 0 aliphatic heterocycles. The van der Waals surface area contributed by atoms with E-state index in [-0.39, 0.29) is 0 Å². The lowest BCUT2D eigenvalue weighted by molar-refractivity contribution is 0.100. The number of aryl methyl sites for hydroxylation is 2. The molecule has 0 radical (unpaired) electrons. The molecule has 0 aromatic carbocycles. The Morgan fingerprint density at radius 1 is 1.47 bits per heavy atom. The summed E-state index contributed by atoms with van der Waals surface area (Å²) in [7, 11) is 1.79. The second kappa shape index (κ2) is 5.67. The smallest absolute Gasteiger partial charge is 0.254 e. The molecule has 1 heterocycles. The maximum absolute atomic E-state index is 11.3. The topological polar surface area (TPSA) is 85.0 Å². The molecule has 6 heteroatoms. The number of primary amides is 1. The minimum Gasteiger partial charge on any atom is -0.368 e. The first-order valence-corrected chi connectivity index (χ1v) is 5.74. The van der Waals surface area contributed by atoms with Gasteiger partial charge in [-0.05, 0) is 6.92 Å². The van der Waals surface area contributed by atoms with Crippen molar-refractivity contribution in [3.8, 4) is 0 Å². The number of rotatable bonds is 6. The number of amides is 1. The van der Waals surface area contributed by atoms with E-state index in [1.165, 1.54) is 0 Å². The van der Waals surface area contributed by atoms with Crippen LogP contribution in [0.15, 0.2) is 0 Å². The Bertz CT molecular complexity index is 397. The van der Waals surface area contributed by atoms with Gasteiger partial charge in [-0.15, -0.1) is 0 Å². The number of aromatic nitrogens is 2. The van der Waals surface area contributed by atoms with Gasteiger partial charge in [-0.3, -0.25) is 9.48 Å². The van der Waals surface area contributed by atoms with Gasteiger partial charge in [-0.25, -0.2) is 0 Å². The zero-order chi connectivity index (χ0) is 13.0. The number of carbonyl (C=O) groups is 1. The SMILES string of the molecule is Cc1nn(C)c(NCCNC(C)C)c1C(N)=O. The number of hydrogen-bond donors (Lipinski definition) is 3. The molecule has 0 fully saturated rings. The standard InChI is InChI=1S/C11H21N5O/c1-7(2)13-5-6-14-11-9(10(12)17)8(3)15-16(11)4/h7,13-14H,5-6H2,1-4H3,(H2,12,17). The van der Waals surface area contributed by atoms with Gasteiger partial charge >= 0.3 is 0 Å². The predicted octanol–water partition coefficient (Wildman–Crippen LogP) is 0.237. The largest absolute Gasteiger partial charge is 0.368 e. The molecule has 6 nitrogen and oxygen atoms in total. The summed E-state index contributed by atoms with van der Waals surface area (Å²) in [5.41, 5.74) is 6.45. The van der Waals surface area contributed by atoms with Crippen LogP contribution in [0.25, 0.3) is 0 Å². The third kappa shape index (κ3) is 3.45. The van der Waals surface area contributed by atoms with E-state index in [0.29, 0.717) is 23.1 Å². The fraction of sp³-hybridized carbons (Fsp3) is 0.636. The summed E-state index contributed by atoms with van der Waals surface area (Å²) in [5.74, 6) is 0.232. The quantitative estimate of drug-likeness (QED) is 0.621. The van der Waals surface area contributed by atoms with E-state index in [1.807, 2.05) is 0 Å². The molecule has 0 saturated carbocycles. The molecule has 1 rings (SSSR count). The van der Waals surface area contributed by atoms with Crippen LogP contribution in [0, 0.1) is 6.92 Å². The summed E-state index contributed by atoms with van der Waals surface area (Å²) in [6, 6.07) is 0.445. The first-order chi connectivity index (χ1) is 7.93. The van der Waals surface area contributed by atoms with Crippen LogP contribution in [-0.4, -0.2) is 34.8 Å². The first-order valence-electron chi connectivity index (χ1n) is 5.74. The highest BCUT2D eigenvalue weighted by Gasteiger charge is 2.17. The second-order valence-corrected chi connectivity index (χ2v) is 4.33. The molecule has 1 amide bonds. The van der Waals surface area contributed by atoms with Gasteiger partial charge in [-0.1, -0.05) is 13.8 Å². The Kier molecular flexibility index (Phi) is 4.51. The van der Waals surface area contributed by atoms with Crippen molar-refractivity contribution in [3.05, 3.63) is 11.3 Å². The Labute approximate surface area is 102 Å². The lowest BCUT2D eigenvalue weighted by Crippen LogP contribution is -2.29. The van der Waals surface area contributed by atoms with Gasteiger partial charge in [0.1, 0.15) is 11.4 Å². The van der Waals surface area contributed by atoms with Crippen LogP contribution in [0.2, 0.25) is 0 Å². The third-order valence-corrected chi connectivity index (χ3v) is 2.44. The number of nitrogens with two attached hydrogens (primary N) is 1. The van der Waals surface area contributed by atoms with Crippen molar-refractivity contribution in [1.82, 2.24) is 15.1 Å². The summed E-state index contributed by atoms with van der Waals surface area (Å²) in [4.78, 5) is 11.3. The van der Waals surface area contributed by atoms with E-state index >= 15 is 0 Å². The molecular formula is C11H21N5O. The van der Waals surface area contributed by atoms with Crippen molar-refractivity contribution < 1.29 is 4.79 Å². The van der Waals surface area contributed by atoms with Crippen molar-refractivity contribution in [3.63, 3.8) is 0 Å². The van der Waals surface area contributed by atoms with Crippen molar-refractivity contribution >= 4 is 11.7 Å². The van der Waals surface area contributed by atoms with Crippen LogP contribution in [0.1, 0.15) is 29.9 Å². The molecular weight excluding hydrogens is 218 g/mol. The van der Waals surface area contributed by atoms with Crippen LogP contribution in [-0.2, 0) is 7.05 Å². The van der Waals surface area contributed by atoms with Crippen LogP contribution < -0.4 is 16.4 Å². The first kappa shape index (κ1) is 13.5. The fourth-order valence-electron chi connectivity index (χ4n) is 1.70. The molecule has 0 aliphatic carbocycles. The molecule has 0 atom stereocenters. The van der Waals surface area contributed by atoms with E-state index < -0.39 is 5.91 Å². The molecule has 96 valence electrons. The second-order valence-electron chi connectivity index (χ2n) is 4.33. The van der Waals surface area contributed by atoms with E-state index in [0.717, 1.165) is 13.1 Å². The molecule has 1 aromatic heterocycles. The van der Waals surface area contributed by atoms with Crippen LogP contribution >= 0.6 is 0 Å². The van der Waals surface area contributed by atoms with Crippen LogP contribution in [0.3, 0.4) is 0 Å². The molecule has 17 heavy (non-hydrogen) atoms. The normalized spacial score (nSPS) is 10.9. The van der Waals surface area contributed by atoms with Crippen LogP contribution in [0.5, 0.6) is 0 Å². The average Bonchev–Trinajstić information content (AvgIpc) is 2.48. The van der Waals surface area contributed by atoms with E-state index in [2.05, 4.69) is 29.6 Å². The molecule has 0 saturated heterocycles. The monoisotopic (exact) mass is 239 g/mol. The molecule has 0 aliphatic rings. The summed E-state index contributed by atoms with van der Waals surface area (Å²) in [6.45, 7) is 7.49. The lowest BCUT2D eigenvalue weighted by atomic mass is 10.2. The summed E-state index contributed by atoms with van der Waals surface area (Å²) in [6.07, 6.45) is 0. The van der Waals surface area contributed by atoms with Gasteiger partial charge in [-0.2, -0.15) is 5.10 Å². The Balaban J connectivity index is 2.67. The van der Waals surface area contributed by atoms with Gasteiger partial charge in [0, 0.05) is 26.2 Å². The molecule has 1 aromatic rings. The minimum absolute atomic E-state index is 0.445. The van der Waals surface area contributed by atoms with Gasteiger partial charge in [0.2, 0.25) is 0 Å². The highest BCUT2D eigenvalue weighted by Crippen LogP contribution is 2.17. The predicted molar refractivity (Wildman–Crippen MR) is 68.1 cm³/mol. The molecule has 4 N–H and O–H groups in total. The maximum Gasteiger partial charge on any atom is 0.254 e. The lowest BCUT2D eigenvalue weighted by Gasteiger charge is -2.11. The molecule has 0 spiro atoms. The Morgan fingerprint density at radius 2 is 2.12 bits per heavy atom. The molecule has 0 bridgehead atoms. The van der Waals surface area contributed by atoms with Crippen molar-refractivity contribution in [2.24, 2.45) is 12.8 Å². The fourth-order valence-corrected chi connectivity index (χ4v) is 1.70. The number of carbonyl (C=O) groups excluding carboxylic acids is 1. The van der Waals surface area contributed by atoms with Crippen molar-refractivity contribution in [2.45, 2.75) is 26.8 Å². The van der Waals surface area contributed by atoms with E-state index in [4.69, 9.17) is 5.73 Å². The number of nitrogens with zero attached hydrogens (tertiary/aromatic N) is 2. The number of anilines is 1. The minimum atomic E-state index is -0.449. The van der Waals surface area contributed by atoms with Crippen LogP contribution in [0.4, 0.5) is 5.82 Å². The van der Waals surface area contributed by atoms with Crippen molar-refractivity contribution in [2.75, 3.05) is 18.4 Å². The van der Waals surface area contributed by atoms with Crippen molar-refractivity contribution in [1.29, 1.82) is 0 Å². The average molecular weight is 239 g/mol. The van der Waals surface area contributed by atoms with E-state index in [1.54, 1.807) is 18.7 Å². The van der Waals surface area contributed by atoms with Gasteiger partial charge in [0.05, 0.1) is 5.69 Å². The summed E-state index contributed by atoms with van der Waals surface area (Å²) in [5, 5.41) is 10.6. The Morgan fingerprint density at radius 3 is 2.65 bits per heavy atom. The van der Waals surface area contributed by atoms with Gasteiger partial charge < -0.3 is 16.4 Å². The third-order valence-electron chi connectivity index (χ3n) is 2.44. The number of nitrogens with one attached hydrogen (secondary N) is 2. The zero-order valence-electron chi connectivity index (χ0n) is 10.9. The number of hydrogen-bond acceptors (Lipinski definition) is 4. The highest BCUT2D eigenvalue weighted by atomic mass is 16.1. The Hall–Kier alpha value is -1.56. The maximum atomic E-state index is 11.3. The highest BCUT2D eigenvalue weighted by molar-refractivity contribution is 5.98. The summed E-state index contributed by atoms with van der Waals surface area (Å²) < 4.78 is 1.64. The zero-order valence-corrected chi connectivity index (χ0v) is 10.9. The summed E-state index contributed by atoms with van der Waals surface area (Å²) >= 11 is 0. The van der Waals surface area contributed by atoms with Gasteiger partial charge in [0.25, 0.3) is 5.91 Å². The molecule has 0 unspecified atom stereocenters. The van der Waals surface area contributed by atoms with E-state index in [9.17, 15) is 4.79 Å².